The first kappa shape index (κ1) is 16.9. The van der Waals surface area contributed by atoms with Crippen LogP contribution in [0.4, 0.5) is 0 Å². The summed E-state index contributed by atoms with van der Waals surface area (Å²) in [6, 6.07) is 13.3. The van der Waals surface area contributed by atoms with Gasteiger partial charge in [0.1, 0.15) is 0 Å². The average molecular weight is 352 g/mol. The molecule has 0 saturated carbocycles. The van der Waals surface area contributed by atoms with E-state index in [0.29, 0.717) is 16.7 Å². The lowest BCUT2D eigenvalue weighted by atomic mass is 10.3. The van der Waals surface area contributed by atoms with Crippen molar-refractivity contribution in [3.05, 3.63) is 48.7 Å². The van der Waals surface area contributed by atoms with E-state index in [0.717, 1.165) is 5.69 Å². The second kappa shape index (κ2) is 7.73. The van der Waals surface area contributed by atoms with Gasteiger partial charge in [0.2, 0.25) is 11.7 Å². The Bertz CT molecular complexity index is 882. The number of carbonyl (C=O) groups is 1. The van der Waals surface area contributed by atoms with Gasteiger partial charge in [-0.05, 0) is 31.2 Å². The van der Waals surface area contributed by atoms with Crippen molar-refractivity contribution in [3.8, 4) is 29.6 Å². The van der Waals surface area contributed by atoms with Gasteiger partial charge in [0, 0.05) is 5.69 Å². The van der Waals surface area contributed by atoms with Crippen molar-refractivity contribution in [1.82, 2.24) is 20.1 Å². The van der Waals surface area contributed by atoms with E-state index in [1.165, 1.54) is 11.8 Å². The molecule has 7 heteroatoms. The minimum atomic E-state index is -0.371. The number of nitrogens with one attached hydrogen (secondary N) is 1. The third-order valence-corrected chi connectivity index (χ3v) is 4.45. The molecule has 1 amide bonds. The summed E-state index contributed by atoms with van der Waals surface area (Å²) in [7, 11) is 0. The van der Waals surface area contributed by atoms with Crippen molar-refractivity contribution in [3.63, 3.8) is 0 Å². The lowest BCUT2D eigenvalue weighted by Gasteiger charge is -2.12. The van der Waals surface area contributed by atoms with Crippen molar-refractivity contribution in [2.45, 2.75) is 17.3 Å². The van der Waals surface area contributed by atoms with Gasteiger partial charge >= 0.3 is 0 Å². The lowest BCUT2D eigenvalue weighted by molar-refractivity contribution is -0.120. The Morgan fingerprint density at radius 2 is 2.12 bits per heavy atom. The summed E-state index contributed by atoms with van der Waals surface area (Å²) in [4.78, 5) is 12.1. The number of carbonyl (C=O) groups excluding carboxylic acids is 1. The third-order valence-electron chi connectivity index (χ3n) is 3.41. The highest BCUT2D eigenvalue weighted by Gasteiger charge is 2.22. The summed E-state index contributed by atoms with van der Waals surface area (Å²) < 4.78 is 7.34. The van der Waals surface area contributed by atoms with Crippen molar-refractivity contribution >= 4 is 17.7 Å². The largest absolute Gasteiger partial charge is 0.461 e. The number of aromatic nitrogens is 3. The molecule has 0 saturated heterocycles. The molecule has 2 aromatic heterocycles. The maximum Gasteiger partial charge on any atom is 0.234 e. The van der Waals surface area contributed by atoms with Gasteiger partial charge in [0.05, 0.1) is 18.1 Å². The zero-order valence-corrected chi connectivity index (χ0v) is 14.4. The molecule has 0 spiro atoms. The predicted octanol–water partition coefficient (Wildman–Crippen LogP) is 2.76. The molecule has 3 rings (SSSR count). The Kier molecular flexibility index (Phi) is 5.21. The number of nitrogens with zero attached hydrogens (tertiary/aromatic N) is 3. The summed E-state index contributed by atoms with van der Waals surface area (Å²) in [6.07, 6.45) is 6.76. The van der Waals surface area contributed by atoms with Crippen LogP contribution in [0.15, 0.2) is 58.3 Å². The number of benzene rings is 1. The van der Waals surface area contributed by atoms with Gasteiger partial charge in [-0.15, -0.1) is 16.6 Å². The van der Waals surface area contributed by atoms with E-state index in [4.69, 9.17) is 10.8 Å². The maximum absolute atomic E-state index is 12.1. The first-order chi connectivity index (χ1) is 12.2. The lowest BCUT2D eigenvalue weighted by Crippen LogP contribution is -2.31. The number of hydrogen-bond acceptors (Lipinski definition) is 5. The molecule has 3 aromatic rings. The van der Waals surface area contributed by atoms with E-state index < -0.39 is 0 Å². The molecule has 1 N–H and O–H groups in total. The topological polar surface area (TPSA) is 73.0 Å². The molecule has 25 heavy (non-hydrogen) atoms. The molecule has 126 valence electrons. The second-order valence-corrected chi connectivity index (χ2v) is 6.44. The summed E-state index contributed by atoms with van der Waals surface area (Å²) in [5, 5.41) is 11.4. The van der Waals surface area contributed by atoms with Crippen LogP contribution in [0.25, 0.3) is 17.3 Å². The quantitative estimate of drug-likeness (QED) is 0.545. The van der Waals surface area contributed by atoms with Gasteiger partial charge in [-0.1, -0.05) is 35.9 Å². The highest BCUT2D eigenvalue weighted by Crippen LogP contribution is 2.30. The van der Waals surface area contributed by atoms with E-state index in [1.807, 2.05) is 41.0 Å². The monoisotopic (exact) mass is 352 g/mol. The maximum atomic E-state index is 12.1. The highest BCUT2D eigenvalue weighted by atomic mass is 32.2. The van der Waals surface area contributed by atoms with Gasteiger partial charge in [0.15, 0.2) is 10.9 Å². The van der Waals surface area contributed by atoms with E-state index in [2.05, 4.69) is 21.4 Å². The van der Waals surface area contributed by atoms with E-state index in [-0.39, 0.29) is 17.7 Å². The zero-order valence-electron chi connectivity index (χ0n) is 13.5. The van der Waals surface area contributed by atoms with Crippen LogP contribution in [-0.2, 0) is 4.79 Å². The second-order valence-electron chi connectivity index (χ2n) is 5.14. The van der Waals surface area contributed by atoms with Crippen molar-refractivity contribution in [2.75, 3.05) is 6.54 Å². The van der Waals surface area contributed by atoms with Crippen LogP contribution in [0, 0.1) is 12.3 Å². The number of hydrogen-bond donors (Lipinski definition) is 1. The van der Waals surface area contributed by atoms with E-state index in [1.54, 1.807) is 19.3 Å². The standard InChI is InChI=1S/C18H16N4O2S/c1-3-11-19-17(23)13(2)25-18-21-20-16(15-10-7-12-24-15)22(18)14-8-5-4-6-9-14/h1,4-10,12-13H,11H2,2H3,(H,19,23). The van der Waals surface area contributed by atoms with Crippen molar-refractivity contribution in [2.24, 2.45) is 0 Å². The number of amides is 1. The van der Waals surface area contributed by atoms with Crippen LogP contribution < -0.4 is 5.32 Å². The Balaban J connectivity index is 1.95. The normalized spacial score (nSPS) is 11.7. The number of rotatable bonds is 6. The molecule has 1 unspecified atom stereocenters. The van der Waals surface area contributed by atoms with Gasteiger partial charge in [-0.3, -0.25) is 9.36 Å². The van der Waals surface area contributed by atoms with Crippen LogP contribution in [0.5, 0.6) is 0 Å². The molecule has 0 aliphatic heterocycles. The molecule has 0 fully saturated rings. The van der Waals surface area contributed by atoms with Gasteiger partial charge < -0.3 is 9.73 Å². The zero-order chi connectivity index (χ0) is 17.6. The smallest absolute Gasteiger partial charge is 0.234 e. The molecule has 0 aliphatic rings. The molecule has 0 aliphatic carbocycles. The Hall–Kier alpha value is -2.98. The molecule has 0 bridgehead atoms. The molecule has 0 radical (unpaired) electrons. The van der Waals surface area contributed by atoms with Crippen LogP contribution in [0.2, 0.25) is 0 Å². The van der Waals surface area contributed by atoms with Crippen LogP contribution in [0.3, 0.4) is 0 Å². The molecule has 2 heterocycles. The van der Waals surface area contributed by atoms with Gasteiger partial charge in [-0.25, -0.2) is 0 Å². The first-order valence-electron chi connectivity index (χ1n) is 7.63. The van der Waals surface area contributed by atoms with Gasteiger partial charge in [0.25, 0.3) is 0 Å². The third kappa shape index (κ3) is 3.75. The molecular formula is C18H16N4O2S. The van der Waals surface area contributed by atoms with Crippen LogP contribution in [-0.4, -0.2) is 32.5 Å². The average Bonchev–Trinajstić information content (AvgIpc) is 3.29. The minimum Gasteiger partial charge on any atom is -0.461 e. The molecule has 1 aromatic carbocycles. The number of para-hydroxylation sites is 1. The first-order valence-corrected chi connectivity index (χ1v) is 8.51. The SMILES string of the molecule is C#CCNC(=O)C(C)Sc1nnc(-c2ccco2)n1-c1ccccc1. The number of terminal acetylenes is 1. The molecule has 6 nitrogen and oxygen atoms in total. The Labute approximate surface area is 149 Å². The fourth-order valence-corrected chi connectivity index (χ4v) is 3.11. The summed E-state index contributed by atoms with van der Waals surface area (Å²) in [5.74, 6) is 3.43. The van der Waals surface area contributed by atoms with Crippen LogP contribution in [0.1, 0.15) is 6.92 Å². The Morgan fingerprint density at radius 1 is 1.32 bits per heavy atom. The number of thioether (sulfide) groups is 1. The highest BCUT2D eigenvalue weighted by molar-refractivity contribution is 8.00. The fraction of sp³-hybridized carbons (Fsp3) is 0.167. The van der Waals surface area contributed by atoms with Crippen LogP contribution >= 0.6 is 11.8 Å². The molecular weight excluding hydrogens is 336 g/mol. The fourth-order valence-electron chi connectivity index (χ4n) is 2.22. The van der Waals surface area contributed by atoms with E-state index >= 15 is 0 Å². The van der Waals surface area contributed by atoms with E-state index in [9.17, 15) is 4.79 Å². The van der Waals surface area contributed by atoms with Gasteiger partial charge in [-0.2, -0.15) is 0 Å². The number of furan rings is 1. The predicted molar refractivity (Wildman–Crippen MR) is 96.2 cm³/mol. The summed E-state index contributed by atoms with van der Waals surface area (Å²) in [6.45, 7) is 2.00. The minimum absolute atomic E-state index is 0.148. The van der Waals surface area contributed by atoms with Crippen molar-refractivity contribution in [1.29, 1.82) is 0 Å². The Morgan fingerprint density at radius 3 is 2.80 bits per heavy atom. The van der Waals surface area contributed by atoms with Crippen molar-refractivity contribution < 1.29 is 9.21 Å². The summed E-state index contributed by atoms with van der Waals surface area (Å²) in [5.41, 5.74) is 0.887. The summed E-state index contributed by atoms with van der Waals surface area (Å²) >= 11 is 1.31. The molecule has 1 atom stereocenters.